The molecule has 3 aromatic rings. The molecule has 3 aliphatic heterocycles. The molecule has 3 aliphatic rings. The van der Waals surface area contributed by atoms with Gasteiger partial charge in [-0.2, -0.15) is 5.10 Å². The number of urea groups is 1. The van der Waals surface area contributed by atoms with E-state index in [1.165, 1.54) is 0 Å². The van der Waals surface area contributed by atoms with Crippen LogP contribution in [0.25, 0.3) is 10.9 Å². The second-order valence-electron chi connectivity index (χ2n) is 11.5. The minimum atomic E-state index is -0.765. The number of hydrogen-bond acceptors (Lipinski definition) is 7. The van der Waals surface area contributed by atoms with Crippen LogP contribution in [-0.4, -0.2) is 106 Å². The fraction of sp³-hybridized carbons (Fsp3) is 0.467. The lowest BCUT2D eigenvalue weighted by atomic mass is 10.0. The molecule has 12 heteroatoms. The summed E-state index contributed by atoms with van der Waals surface area (Å²) in [6.45, 7) is 6.37. The maximum absolute atomic E-state index is 13.6. The van der Waals surface area contributed by atoms with E-state index < -0.39 is 12.1 Å². The number of aromatic amines is 1. The summed E-state index contributed by atoms with van der Waals surface area (Å²) in [5.74, 6) is -0.111. The number of anilines is 1. The zero-order valence-electron chi connectivity index (χ0n) is 24.1. The van der Waals surface area contributed by atoms with Gasteiger partial charge in [0.2, 0.25) is 5.91 Å². The third-order valence-corrected chi connectivity index (χ3v) is 8.59. The number of hydrogen-bond donors (Lipinski definition) is 3. The predicted octanol–water partition coefficient (Wildman–Crippen LogP) is 2.71. The topological polar surface area (TPSA) is 126 Å². The maximum atomic E-state index is 13.6. The Balaban J connectivity index is 1.08. The number of carbonyl (C=O) groups is 3. The highest BCUT2D eigenvalue weighted by atomic mass is 16.7. The molecule has 0 aliphatic carbocycles. The molecule has 1 atom stereocenters. The first kappa shape index (κ1) is 28.0. The van der Waals surface area contributed by atoms with E-state index in [0.717, 1.165) is 46.4 Å². The number of para-hydroxylation sites is 1. The summed E-state index contributed by atoms with van der Waals surface area (Å²) in [6.07, 6.45) is 2.82. The van der Waals surface area contributed by atoms with Gasteiger partial charge in [-0.3, -0.25) is 9.89 Å². The van der Waals surface area contributed by atoms with Crippen molar-refractivity contribution in [1.29, 1.82) is 0 Å². The van der Waals surface area contributed by atoms with Gasteiger partial charge in [-0.1, -0.05) is 24.3 Å². The van der Waals surface area contributed by atoms with Gasteiger partial charge in [-0.05, 0) is 55.6 Å². The summed E-state index contributed by atoms with van der Waals surface area (Å²) in [5, 5.41) is 15.6. The predicted molar refractivity (Wildman–Crippen MR) is 158 cm³/mol. The number of benzene rings is 2. The summed E-state index contributed by atoms with van der Waals surface area (Å²) in [6, 6.07) is 11.0. The number of piperidine rings is 1. The molecular formula is C30H38N8O4. The molecule has 0 saturated carbocycles. The summed E-state index contributed by atoms with van der Waals surface area (Å²) in [4.78, 5) is 51.0. The van der Waals surface area contributed by atoms with Crippen LogP contribution in [0.4, 0.5) is 15.3 Å². The highest BCUT2D eigenvalue weighted by Gasteiger charge is 2.34. The van der Waals surface area contributed by atoms with E-state index in [-0.39, 0.29) is 18.0 Å². The molecule has 2 saturated heterocycles. The summed E-state index contributed by atoms with van der Waals surface area (Å²) < 4.78 is 0. The Kier molecular flexibility index (Phi) is 7.98. The van der Waals surface area contributed by atoms with Gasteiger partial charge in [-0.15, -0.1) is 5.06 Å². The van der Waals surface area contributed by atoms with Crippen molar-refractivity contribution in [2.45, 2.75) is 44.8 Å². The first-order valence-electron chi connectivity index (χ1n) is 14.6. The number of carbonyl (C=O) groups excluding carboxylic acids is 3. The maximum Gasteiger partial charge on any atom is 0.426 e. The first-order valence-corrected chi connectivity index (χ1v) is 14.6. The van der Waals surface area contributed by atoms with Crippen LogP contribution in [0.15, 0.2) is 42.6 Å². The number of amides is 4. The normalized spacial score (nSPS) is 19.3. The molecule has 1 aromatic heterocycles. The van der Waals surface area contributed by atoms with Gasteiger partial charge >= 0.3 is 12.1 Å². The van der Waals surface area contributed by atoms with Gasteiger partial charge < -0.3 is 30.2 Å². The fourth-order valence-corrected chi connectivity index (χ4v) is 6.16. The number of nitrogens with zero attached hydrogens (tertiary/aromatic N) is 5. The average Bonchev–Trinajstić information content (AvgIpc) is 3.46. The van der Waals surface area contributed by atoms with Gasteiger partial charge in [0.15, 0.2) is 0 Å². The van der Waals surface area contributed by atoms with E-state index in [1.807, 2.05) is 60.2 Å². The minimum Gasteiger partial charge on any atom is -0.351 e. The molecular weight excluding hydrogens is 536 g/mol. The van der Waals surface area contributed by atoms with E-state index in [0.29, 0.717) is 52.0 Å². The first-order chi connectivity index (χ1) is 20.3. The van der Waals surface area contributed by atoms with Crippen LogP contribution in [0.3, 0.4) is 0 Å². The molecule has 12 nitrogen and oxygen atoms in total. The number of aromatic nitrogens is 2. The van der Waals surface area contributed by atoms with Gasteiger partial charge in [0.05, 0.1) is 11.7 Å². The van der Waals surface area contributed by atoms with Crippen LogP contribution in [0, 0.1) is 6.92 Å². The van der Waals surface area contributed by atoms with Crippen molar-refractivity contribution in [3.63, 3.8) is 0 Å². The van der Waals surface area contributed by atoms with Crippen molar-refractivity contribution in [1.82, 2.24) is 35.3 Å². The number of fused-ring (bicyclic) bond motifs is 2. The van der Waals surface area contributed by atoms with Crippen LogP contribution >= 0.6 is 0 Å². The van der Waals surface area contributed by atoms with Crippen LogP contribution in [-0.2, 0) is 22.6 Å². The monoisotopic (exact) mass is 574 g/mol. The smallest absolute Gasteiger partial charge is 0.351 e. The van der Waals surface area contributed by atoms with E-state index in [4.69, 9.17) is 4.84 Å². The van der Waals surface area contributed by atoms with Gasteiger partial charge in [0.25, 0.3) is 0 Å². The van der Waals surface area contributed by atoms with Crippen molar-refractivity contribution in [3.8, 4) is 0 Å². The number of rotatable bonds is 6. The molecule has 0 bridgehead atoms. The molecule has 1 unspecified atom stereocenters. The number of H-pyrrole nitrogens is 1. The molecule has 6 rings (SSSR count). The minimum absolute atomic E-state index is 0.0499. The molecule has 222 valence electrons. The van der Waals surface area contributed by atoms with E-state index >= 15 is 0 Å². The lowest BCUT2D eigenvalue weighted by molar-refractivity contribution is -0.137. The number of hydroxylamine groups is 2. The Morgan fingerprint density at radius 1 is 1.10 bits per heavy atom. The van der Waals surface area contributed by atoms with E-state index in [1.54, 1.807) is 11.3 Å². The highest BCUT2D eigenvalue weighted by Crippen LogP contribution is 2.27. The molecule has 0 spiro atoms. The summed E-state index contributed by atoms with van der Waals surface area (Å²) >= 11 is 0. The molecule has 4 heterocycles. The van der Waals surface area contributed by atoms with Crippen molar-refractivity contribution in [2.24, 2.45) is 0 Å². The van der Waals surface area contributed by atoms with Crippen LogP contribution < -0.4 is 10.6 Å². The summed E-state index contributed by atoms with van der Waals surface area (Å²) in [7, 11) is 2.04. The van der Waals surface area contributed by atoms with Crippen LogP contribution in [0.2, 0.25) is 0 Å². The summed E-state index contributed by atoms with van der Waals surface area (Å²) in [5.41, 5.74) is 4.88. The van der Waals surface area contributed by atoms with Crippen molar-refractivity contribution < 1.29 is 19.2 Å². The zero-order chi connectivity index (χ0) is 29.2. The Morgan fingerprint density at radius 3 is 2.64 bits per heavy atom. The Hall–Kier alpha value is -4.16. The number of aryl methyl sites for hydroxylation is 1. The second-order valence-corrected chi connectivity index (χ2v) is 11.5. The molecule has 0 radical (unpaired) electrons. The largest absolute Gasteiger partial charge is 0.426 e. The molecule has 2 fully saturated rings. The molecule has 42 heavy (non-hydrogen) atoms. The van der Waals surface area contributed by atoms with Gasteiger partial charge in [-0.25, -0.2) is 9.59 Å². The van der Waals surface area contributed by atoms with Gasteiger partial charge in [0, 0.05) is 69.3 Å². The van der Waals surface area contributed by atoms with Crippen LogP contribution in [0.1, 0.15) is 29.5 Å². The molecule has 2 aromatic carbocycles. The Morgan fingerprint density at radius 2 is 1.86 bits per heavy atom. The molecule has 3 N–H and O–H groups in total. The van der Waals surface area contributed by atoms with Crippen molar-refractivity contribution in [3.05, 3.63) is 59.3 Å². The standard InChI is InChI=1S/C30H38N8O4/c1-20-15-21(16-23-18-31-34-27(20)23)17-26(28(39)36-13-11-35(2)12-14-36)33-30(41)42-37-9-7-24(8-10-37)38-19-22-5-3-4-6-25(22)32-29(38)40/h3-6,15-16,18,24,26H,7-14,17,19H2,1-2H3,(H,31,34)(H,32,40)(H,33,41). The number of likely N-dealkylation sites (N-methyl/N-ethyl adjacent to an activating group) is 1. The van der Waals surface area contributed by atoms with E-state index in [9.17, 15) is 14.4 Å². The SMILES string of the molecule is Cc1cc(CC(NC(=O)ON2CCC(N3Cc4ccccc4NC3=O)CC2)C(=O)N2CCN(C)CC2)cc2cn[nH]c12. The number of nitrogens with one attached hydrogen (secondary N) is 3. The third-order valence-electron chi connectivity index (χ3n) is 8.59. The average molecular weight is 575 g/mol. The second kappa shape index (κ2) is 12.0. The third kappa shape index (κ3) is 6.04. The number of piperazine rings is 1. The fourth-order valence-electron chi connectivity index (χ4n) is 6.16. The lowest BCUT2D eigenvalue weighted by Gasteiger charge is -2.40. The molecule has 4 amide bonds. The van der Waals surface area contributed by atoms with Crippen molar-refractivity contribution >= 4 is 34.6 Å². The van der Waals surface area contributed by atoms with Crippen molar-refractivity contribution in [2.75, 3.05) is 51.6 Å². The zero-order valence-corrected chi connectivity index (χ0v) is 24.1. The Labute approximate surface area is 244 Å². The van der Waals surface area contributed by atoms with E-state index in [2.05, 4.69) is 25.7 Å². The Bertz CT molecular complexity index is 1460. The highest BCUT2D eigenvalue weighted by molar-refractivity contribution is 5.92. The van der Waals surface area contributed by atoms with Crippen LogP contribution in [0.5, 0.6) is 0 Å². The van der Waals surface area contributed by atoms with Gasteiger partial charge in [0.1, 0.15) is 6.04 Å². The lowest BCUT2D eigenvalue weighted by Crippen LogP contribution is -2.56. The quantitative estimate of drug-likeness (QED) is 0.413.